The Morgan fingerprint density at radius 2 is 2.06 bits per heavy atom. The number of carboxylic acids is 1. The number of carboxylic acid groups (broad SMARTS) is 1. The van der Waals surface area contributed by atoms with E-state index in [4.69, 9.17) is 9.84 Å². The van der Waals surface area contributed by atoms with Gasteiger partial charge in [-0.1, -0.05) is 5.21 Å². The molecule has 2 rings (SSSR count). The molecular weight excluding hydrogens is 234 g/mol. The molecule has 0 unspecified atom stereocenters. The lowest BCUT2D eigenvalue weighted by molar-refractivity contribution is -0.136. The van der Waals surface area contributed by atoms with Crippen LogP contribution < -0.4 is 4.74 Å². The van der Waals surface area contributed by atoms with Gasteiger partial charge in [0.15, 0.2) is 0 Å². The molecule has 0 bridgehead atoms. The molecule has 0 atom stereocenters. The van der Waals surface area contributed by atoms with E-state index >= 15 is 0 Å². The summed E-state index contributed by atoms with van der Waals surface area (Å²) in [5.41, 5.74) is 1.95. The van der Waals surface area contributed by atoms with Gasteiger partial charge in [-0.15, -0.1) is 5.10 Å². The topological polar surface area (TPSA) is 77.2 Å². The van der Waals surface area contributed by atoms with Crippen molar-refractivity contribution in [3.63, 3.8) is 0 Å². The molecule has 0 amide bonds. The first-order valence-electron chi connectivity index (χ1n) is 5.39. The lowest BCUT2D eigenvalue weighted by Crippen LogP contribution is -2.09. The van der Waals surface area contributed by atoms with Gasteiger partial charge in [0.25, 0.3) is 0 Å². The predicted molar refractivity (Wildman–Crippen MR) is 64.0 cm³/mol. The van der Waals surface area contributed by atoms with E-state index in [9.17, 15) is 4.79 Å². The molecule has 0 aliphatic rings. The highest BCUT2D eigenvalue weighted by molar-refractivity contribution is 5.70. The minimum Gasteiger partial charge on any atom is -0.497 e. The molecule has 0 saturated heterocycles. The van der Waals surface area contributed by atoms with Gasteiger partial charge in [0, 0.05) is 0 Å². The minimum absolute atomic E-state index is 0.106. The van der Waals surface area contributed by atoms with Crippen molar-refractivity contribution in [1.29, 1.82) is 0 Å². The van der Waals surface area contributed by atoms with Gasteiger partial charge in [-0.3, -0.25) is 4.79 Å². The molecule has 18 heavy (non-hydrogen) atoms. The number of hydrogen-bond donors (Lipinski definition) is 1. The van der Waals surface area contributed by atoms with Crippen molar-refractivity contribution in [1.82, 2.24) is 15.0 Å². The molecule has 1 aromatic heterocycles. The Balaban J connectivity index is 2.40. The first-order valence-corrected chi connectivity index (χ1v) is 5.39. The molecule has 0 radical (unpaired) electrons. The van der Waals surface area contributed by atoms with Crippen LogP contribution in [0, 0.1) is 6.92 Å². The van der Waals surface area contributed by atoms with Crippen molar-refractivity contribution < 1.29 is 14.6 Å². The van der Waals surface area contributed by atoms with E-state index in [0.717, 1.165) is 11.4 Å². The normalized spacial score (nSPS) is 10.3. The highest BCUT2D eigenvalue weighted by atomic mass is 16.5. The second-order valence-electron chi connectivity index (χ2n) is 3.80. The zero-order chi connectivity index (χ0) is 13.1. The van der Waals surface area contributed by atoms with Crippen molar-refractivity contribution >= 4 is 5.97 Å². The molecule has 0 aliphatic heterocycles. The molecule has 0 aliphatic carbocycles. The quantitative estimate of drug-likeness (QED) is 0.878. The maximum atomic E-state index is 10.8. The molecule has 94 valence electrons. The number of methoxy groups -OCH3 is 1. The molecule has 0 saturated carbocycles. The van der Waals surface area contributed by atoms with Crippen LogP contribution in [0.4, 0.5) is 0 Å². The molecule has 2 aromatic rings. The van der Waals surface area contributed by atoms with Crippen molar-refractivity contribution in [2.45, 2.75) is 13.3 Å². The fraction of sp³-hybridized carbons (Fsp3) is 0.250. The zero-order valence-corrected chi connectivity index (χ0v) is 10.1. The molecule has 1 aromatic carbocycles. The SMILES string of the molecule is COc1ccc(-n2nnc(C)c2CC(=O)O)cc1. The Morgan fingerprint density at radius 1 is 1.39 bits per heavy atom. The summed E-state index contributed by atoms with van der Waals surface area (Å²) in [6.07, 6.45) is -0.106. The van der Waals surface area contributed by atoms with E-state index in [1.165, 1.54) is 4.68 Å². The molecule has 0 spiro atoms. The molecular formula is C12H13N3O3. The number of aromatic nitrogens is 3. The second-order valence-corrected chi connectivity index (χ2v) is 3.80. The lowest BCUT2D eigenvalue weighted by Gasteiger charge is -2.06. The number of carbonyl (C=O) groups is 1. The molecule has 0 fully saturated rings. The Kier molecular flexibility index (Phi) is 3.27. The van der Waals surface area contributed by atoms with Gasteiger partial charge in [-0.2, -0.15) is 0 Å². The summed E-state index contributed by atoms with van der Waals surface area (Å²) in [4.78, 5) is 10.8. The summed E-state index contributed by atoms with van der Waals surface area (Å²) in [5.74, 6) is -0.175. The number of aryl methyl sites for hydroxylation is 1. The van der Waals surface area contributed by atoms with Crippen LogP contribution in [0.15, 0.2) is 24.3 Å². The Morgan fingerprint density at radius 3 is 2.61 bits per heavy atom. The summed E-state index contributed by atoms with van der Waals surface area (Å²) >= 11 is 0. The van der Waals surface area contributed by atoms with Crippen LogP contribution in [0.25, 0.3) is 5.69 Å². The van der Waals surface area contributed by atoms with E-state index < -0.39 is 5.97 Å². The Labute approximate surface area is 104 Å². The number of aliphatic carboxylic acids is 1. The lowest BCUT2D eigenvalue weighted by atomic mass is 10.2. The fourth-order valence-electron chi connectivity index (χ4n) is 1.65. The zero-order valence-electron chi connectivity index (χ0n) is 10.1. The maximum absolute atomic E-state index is 10.8. The van der Waals surface area contributed by atoms with E-state index in [2.05, 4.69) is 10.3 Å². The molecule has 6 heteroatoms. The molecule has 6 nitrogen and oxygen atoms in total. The third kappa shape index (κ3) is 2.32. The van der Waals surface area contributed by atoms with E-state index in [-0.39, 0.29) is 6.42 Å². The van der Waals surface area contributed by atoms with Gasteiger partial charge in [0.2, 0.25) is 0 Å². The summed E-state index contributed by atoms with van der Waals surface area (Å²) in [5, 5.41) is 16.7. The van der Waals surface area contributed by atoms with Crippen LogP contribution in [0.3, 0.4) is 0 Å². The maximum Gasteiger partial charge on any atom is 0.309 e. The van der Waals surface area contributed by atoms with Crippen LogP contribution in [0.1, 0.15) is 11.4 Å². The van der Waals surface area contributed by atoms with Crippen molar-refractivity contribution in [2.75, 3.05) is 7.11 Å². The van der Waals surface area contributed by atoms with Crippen molar-refractivity contribution in [3.8, 4) is 11.4 Å². The highest BCUT2D eigenvalue weighted by Crippen LogP contribution is 2.17. The number of nitrogens with zero attached hydrogens (tertiary/aromatic N) is 3. The first-order chi connectivity index (χ1) is 8.61. The van der Waals surface area contributed by atoms with Gasteiger partial charge in [0.05, 0.1) is 30.6 Å². The van der Waals surface area contributed by atoms with Crippen molar-refractivity contribution in [3.05, 3.63) is 35.7 Å². The van der Waals surface area contributed by atoms with Gasteiger partial charge in [0.1, 0.15) is 5.75 Å². The average molecular weight is 247 g/mol. The molecule has 1 heterocycles. The summed E-state index contributed by atoms with van der Waals surface area (Å²) in [7, 11) is 1.59. The smallest absolute Gasteiger partial charge is 0.309 e. The van der Waals surface area contributed by atoms with Crippen molar-refractivity contribution in [2.24, 2.45) is 0 Å². The largest absolute Gasteiger partial charge is 0.497 e. The Bertz CT molecular complexity index is 560. The predicted octanol–water partition coefficient (Wildman–Crippen LogP) is 1.21. The minimum atomic E-state index is -0.907. The average Bonchev–Trinajstić information content (AvgIpc) is 2.71. The van der Waals surface area contributed by atoms with Crippen LogP contribution in [-0.2, 0) is 11.2 Å². The van der Waals surface area contributed by atoms with Gasteiger partial charge < -0.3 is 9.84 Å². The third-order valence-corrected chi connectivity index (χ3v) is 2.59. The monoisotopic (exact) mass is 247 g/mol. The van der Waals surface area contributed by atoms with Gasteiger partial charge >= 0.3 is 5.97 Å². The van der Waals surface area contributed by atoms with Crippen LogP contribution in [-0.4, -0.2) is 33.2 Å². The van der Waals surface area contributed by atoms with Gasteiger partial charge in [-0.25, -0.2) is 4.68 Å². The fourth-order valence-corrected chi connectivity index (χ4v) is 1.65. The summed E-state index contributed by atoms with van der Waals surface area (Å²) in [6, 6.07) is 7.18. The Hall–Kier alpha value is -2.37. The van der Waals surface area contributed by atoms with Crippen LogP contribution in [0.5, 0.6) is 5.75 Å². The highest BCUT2D eigenvalue weighted by Gasteiger charge is 2.14. The van der Waals surface area contributed by atoms with Crippen LogP contribution in [0.2, 0.25) is 0 Å². The number of benzene rings is 1. The van der Waals surface area contributed by atoms with E-state index in [0.29, 0.717) is 11.4 Å². The second kappa shape index (κ2) is 4.87. The van der Waals surface area contributed by atoms with Crippen LogP contribution >= 0.6 is 0 Å². The standard InChI is InChI=1S/C12H13N3O3/c1-8-11(7-12(16)17)15(14-13-8)9-3-5-10(18-2)6-4-9/h3-6H,7H2,1-2H3,(H,16,17). The van der Waals surface area contributed by atoms with E-state index in [1.54, 1.807) is 38.3 Å². The van der Waals surface area contributed by atoms with E-state index in [1.807, 2.05) is 0 Å². The summed E-state index contributed by atoms with van der Waals surface area (Å²) < 4.78 is 6.60. The number of ether oxygens (including phenoxy) is 1. The third-order valence-electron chi connectivity index (χ3n) is 2.59. The number of hydrogen-bond acceptors (Lipinski definition) is 4. The molecule has 1 N–H and O–H groups in total. The number of rotatable bonds is 4. The summed E-state index contributed by atoms with van der Waals surface area (Å²) in [6.45, 7) is 1.74. The van der Waals surface area contributed by atoms with Gasteiger partial charge in [-0.05, 0) is 31.2 Å². The first kappa shape index (κ1) is 12.1.